The minimum atomic E-state index is 0.603. The van der Waals surface area contributed by atoms with Crippen molar-refractivity contribution < 1.29 is 0 Å². The number of nitrogens with one attached hydrogen (secondary N) is 1. The van der Waals surface area contributed by atoms with Crippen LogP contribution in [0.15, 0.2) is 71.1 Å². The number of halogens is 1. The van der Waals surface area contributed by atoms with Crippen molar-refractivity contribution in [3.63, 3.8) is 0 Å². The minimum Gasteiger partial charge on any atom is -0.260 e. The van der Waals surface area contributed by atoms with Crippen molar-refractivity contribution in [1.82, 2.24) is 9.97 Å². The Morgan fingerprint density at radius 3 is 2.41 bits per heavy atom. The zero-order valence-electron chi connectivity index (χ0n) is 14.2. The fourth-order valence-corrected chi connectivity index (χ4v) is 3.22. The molecule has 2 aromatic heterocycles. The van der Waals surface area contributed by atoms with Gasteiger partial charge in [-0.25, -0.2) is 9.97 Å². The van der Waals surface area contributed by atoms with Gasteiger partial charge < -0.3 is 0 Å². The summed E-state index contributed by atoms with van der Waals surface area (Å²) in [7, 11) is 0. The van der Waals surface area contributed by atoms with Gasteiger partial charge in [-0.3, -0.25) is 5.43 Å². The first-order valence-corrected chi connectivity index (χ1v) is 9.57. The average Bonchev–Trinajstić information content (AvgIpc) is 3.21. The van der Waals surface area contributed by atoms with E-state index in [2.05, 4.69) is 21.6 Å². The first-order valence-electron chi connectivity index (χ1n) is 8.31. The summed E-state index contributed by atoms with van der Waals surface area (Å²) in [5, 5.41) is 7.04. The van der Waals surface area contributed by atoms with Crippen molar-refractivity contribution in [1.29, 1.82) is 0 Å². The first kappa shape index (κ1) is 17.4. The topological polar surface area (TPSA) is 50.2 Å². The van der Waals surface area contributed by atoms with E-state index in [9.17, 15) is 0 Å². The number of hydrogen-bond acceptors (Lipinski definition) is 5. The van der Waals surface area contributed by atoms with Gasteiger partial charge in [0, 0.05) is 9.90 Å². The molecule has 27 heavy (non-hydrogen) atoms. The van der Waals surface area contributed by atoms with Crippen LogP contribution < -0.4 is 5.43 Å². The highest BCUT2D eigenvalue weighted by atomic mass is 35.5. The van der Waals surface area contributed by atoms with Gasteiger partial charge in [0.2, 0.25) is 0 Å². The Kier molecular flexibility index (Phi) is 5.23. The van der Waals surface area contributed by atoms with Gasteiger partial charge in [-0.15, -0.1) is 11.3 Å². The van der Waals surface area contributed by atoms with E-state index in [0.29, 0.717) is 10.8 Å². The van der Waals surface area contributed by atoms with Crippen molar-refractivity contribution in [2.75, 3.05) is 5.43 Å². The predicted molar refractivity (Wildman–Crippen MR) is 115 cm³/mol. The molecule has 0 radical (unpaired) electrons. The summed E-state index contributed by atoms with van der Waals surface area (Å²) in [6.45, 7) is 0. The van der Waals surface area contributed by atoms with E-state index in [0.717, 1.165) is 27.2 Å². The van der Waals surface area contributed by atoms with Crippen LogP contribution in [0, 0.1) is 0 Å². The van der Waals surface area contributed by atoms with Gasteiger partial charge in [0.15, 0.2) is 5.82 Å². The van der Waals surface area contributed by atoms with Crippen LogP contribution in [0.5, 0.6) is 0 Å². The van der Waals surface area contributed by atoms with Gasteiger partial charge in [0.05, 0.1) is 17.2 Å². The molecule has 0 saturated carbocycles. The molecule has 0 atom stereocenters. The van der Waals surface area contributed by atoms with Crippen LogP contribution >= 0.6 is 22.9 Å². The molecule has 132 valence electrons. The molecule has 2 aromatic carbocycles. The number of aromatic nitrogens is 2. The fraction of sp³-hybridized carbons (Fsp3) is 0. The standard InChI is InChI=1S/C21H15ClN4S/c22-16-9-7-15(8-10-16)14-23-26-21-20(12-11-17-4-3-13-27-17)24-18-5-1-2-6-19(18)25-21/h1-14H,(H,25,26)/b12-11+,23-14?. The zero-order chi connectivity index (χ0) is 18.5. The van der Waals surface area contributed by atoms with Crippen molar-refractivity contribution in [2.45, 2.75) is 0 Å². The van der Waals surface area contributed by atoms with Gasteiger partial charge in [-0.2, -0.15) is 5.10 Å². The molecular weight excluding hydrogens is 376 g/mol. The smallest absolute Gasteiger partial charge is 0.173 e. The summed E-state index contributed by atoms with van der Waals surface area (Å²) in [5.74, 6) is 0.603. The lowest BCUT2D eigenvalue weighted by Crippen LogP contribution is -1.99. The SMILES string of the molecule is Clc1ccc(C=NNc2nc3ccccc3nc2/C=C/c2cccs2)cc1. The Balaban J connectivity index is 1.64. The van der Waals surface area contributed by atoms with Crippen molar-refractivity contribution in [3.8, 4) is 0 Å². The molecule has 0 bridgehead atoms. The molecule has 0 spiro atoms. The minimum absolute atomic E-state index is 0.603. The maximum atomic E-state index is 5.91. The number of nitrogens with zero attached hydrogens (tertiary/aromatic N) is 3. The lowest BCUT2D eigenvalue weighted by Gasteiger charge is -2.06. The largest absolute Gasteiger partial charge is 0.260 e. The van der Waals surface area contributed by atoms with Crippen LogP contribution in [0.4, 0.5) is 5.82 Å². The molecule has 4 nitrogen and oxygen atoms in total. The molecule has 4 rings (SSSR count). The summed E-state index contributed by atoms with van der Waals surface area (Å²) >= 11 is 7.58. The molecule has 2 heterocycles. The second kappa shape index (κ2) is 8.12. The van der Waals surface area contributed by atoms with Crippen LogP contribution in [0.25, 0.3) is 23.2 Å². The Morgan fingerprint density at radius 1 is 0.889 bits per heavy atom. The molecule has 0 amide bonds. The van der Waals surface area contributed by atoms with E-state index in [1.165, 1.54) is 0 Å². The molecule has 0 aliphatic carbocycles. The lowest BCUT2D eigenvalue weighted by molar-refractivity contribution is 1.20. The summed E-state index contributed by atoms with van der Waals surface area (Å²) < 4.78 is 0. The van der Waals surface area contributed by atoms with E-state index in [1.807, 2.05) is 72.1 Å². The molecule has 0 unspecified atom stereocenters. The quantitative estimate of drug-likeness (QED) is 0.338. The number of anilines is 1. The van der Waals surface area contributed by atoms with Crippen LogP contribution in [0.2, 0.25) is 5.02 Å². The summed E-state index contributed by atoms with van der Waals surface area (Å²) in [6.07, 6.45) is 5.70. The molecule has 0 fully saturated rings. The third kappa shape index (κ3) is 4.39. The van der Waals surface area contributed by atoms with Crippen LogP contribution in [0.3, 0.4) is 0 Å². The van der Waals surface area contributed by atoms with E-state index in [4.69, 9.17) is 16.6 Å². The average molecular weight is 391 g/mol. The van der Waals surface area contributed by atoms with Crippen molar-refractivity contribution >= 4 is 58.2 Å². The lowest BCUT2D eigenvalue weighted by atomic mass is 10.2. The van der Waals surface area contributed by atoms with Gasteiger partial charge in [0.1, 0.15) is 5.69 Å². The fourth-order valence-electron chi connectivity index (χ4n) is 2.48. The maximum Gasteiger partial charge on any atom is 0.173 e. The highest BCUT2D eigenvalue weighted by Crippen LogP contribution is 2.20. The summed E-state index contributed by atoms with van der Waals surface area (Å²) in [6, 6.07) is 19.3. The monoisotopic (exact) mass is 390 g/mol. The molecule has 6 heteroatoms. The third-order valence-corrected chi connectivity index (χ3v) is 4.89. The highest BCUT2D eigenvalue weighted by Gasteiger charge is 2.06. The second-order valence-electron chi connectivity index (χ2n) is 5.72. The maximum absolute atomic E-state index is 5.91. The Hall–Kier alpha value is -3.02. The van der Waals surface area contributed by atoms with Gasteiger partial charge in [0.25, 0.3) is 0 Å². The van der Waals surface area contributed by atoms with E-state index in [1.54, 1.807) is 17.6 Å². The second-order valence-corrected chi connectivity index (χ2v) is 7.13. The normalized spacial score (nSPS) is 11.6. The number of hydrogen-bond donors (Lipinski definition) is 1. The Bertz CT molecular complexity index is 1100. The van der Waals surface area contributed by atoms with Crippen LogP contribution in [0.1, 0.15) is 16.1 Å². The summed E-state index contributed by atoms with van der Waals surface area (Å²) in [4.78, 5) is 10.5. The van der Waals surface area contributed by atoms with E-state index in [-0.39, 0.29) is 0 Å². The third-order valence-electron chi connectivity index (χ3n) is 3.80. The van der Waals surface area contributed by atoms with Gasteiger partial charge in [-0.05, 0) is 53.4 Å². The molecule has 0 aliphatic heterocycles. The number of para-hydroxylation sites is 2. The van der Waals surface area contributed by atoms with Crippen molar-refractivity contribution in [2.24, 2.45) is 5.10 Å². The summed E-state index contributed by atoms with van der Waals surface area (Å²) in [5.41, 5.74) is 6.34. The number of thiophene rings is 1. The molecule has 1 N–H and O–H groups in total. The van der Waals surface area contributed by atoms with Crippen LogP contribution in [-0.2, 0) is 0 Å². The number of benzene rings is 2. The van der Waals surface area contributed by atoms with Crippen molar-refractivity contribution in [3.05, 3.63) is 87.2 Å². The highest BCUT2D eigenvalue weighted by molar-refractivity contribution is 7.10. The van der Waals surface area contributed by atoms with Crippen LogP contribution in [-0.4, -0.2) is 16.2 Å². The molecule has 4 aromatic rings. The van der Waals surface area contributed by atoms with E-state index < -0.39 is 0 Å². The number of rotatable bonds is 5. The van der Waals surface area contributed by atoms with Gasteiger partial charge in [-0.1, -0.05) is 41.9 Å². The first-order chi connectivity index (χ1) is 13.3. The zero-order valence-corrected chi connectivity index (χ0v) is 15.8. The number of hydrazone groups is 1. The Labute approximate surface area is 165 Å². The molecule has 0 aliphatic rings. The molecular formula is C21H15ClN4S. The number of fused-ring (bicyclic) bond motifs is 1. The Morgan fingerprint density at radius 2 is 1.67 bits per heavy atom. The van der Waals surface area contributed by atoms with Gasteiger partial charge >= 0.3 is 0 Å². The predicted octanol–water partition coefficient (Wildman–Crippen LogP) is 5.96. The molecule has 0 saturated heterocycles. The van der Waals surface area contributed by atoms with E-state index >= 15 is 0 Å².